The van der Waals surface area contributed by atoms with Crippen molar-refractivity contribution in [3.05, 3.63) is 16.1 Å². The lowest BCUT2D eigenvalue weighted by Crippen LogP contribution is -2.21. The number of hydrogen-bond acceptors (Lipinski definition) is 3. The van der Waals surface area contributed by atoms with E-state index in [0.29, 0.717) is 0 Å². The second-order valence-electron chi connectivity index (χ2n) is 2.51. The van der Waals surface area contributed by atoms with Crippen molar-refractivity contribution in [3.8, 4) is 0 Å². The molecule has 0 atom stereocenters. The molecule has 0 N–H and O–H groups in total. The van der Waals surface area contributed by atoms with E-state index in [9.17, 15) is 0 Å². The van der Waals surface area contributed by atoms with E-state index < -0.39 is 0 Å². The Kier molecular flexibility index (Phi) is 4.45. The van der Waals surface area contributed by atoms with Crippen molar-refractivity contribution in [2.24, 2.45) is 0 Å². The number of nitrogens with zero attached hydrogens (tertiary/aromatic N) is 2. The van der Waals surface area contributed by atoms with Gasteiger partial charge in [0.2, 0.25) is 0 Å². The number of halogens is 1. The van der Waals surface area contributed by atoms with E-state index in [0.717, 1.165) is 18.2 Å². The third kappa shape index (κ3) is 2.81. The molecule has 4 heteroatoms. The smallest absolute Gasteiger partial charge is 0.185 e. The summed E-state index contributed by atoms with van der Waals surface area (Å²) in [6.07, 6.45) is 3.90. The van der Waals surface area contributed by atoms with Crippen LogP contribution in [-0.4, -0.2) is 18.1 Å². The molecule has 0 amide bonds. The maximum absolute atomic E-state index is 4.35. The minimum atomic E-state index is 1.02. The second kappa shape index (κ2) is 5.40. The van der Waals surface area contributed by atoms with Gasteiger partial charge in [-0.1, -0.05) is 27.3 Å². The van der Waals surface area contributed by atoms with Crippen LogP contribution in [0.3, 0.4) is 0 Å². The van der Waals surface area contributed by atoms with E-state index in [4.69, 9.17) is 0 Å². The van der Waals surface area contributed by atoms with E-state index in [2.05, 4.69) is 39.7 Å². The first kappa shape index (κ1) is 10.7. The van der Waals surface area contributed by atoms with Crippen molar-refractivity contribution in [2.45, 2.75) is 13.8 Å². The van der Waals surface area contributed by atoms with Crippen LogP contribution in [0, 0.1) is 0 Å². The number of aromatic nitrogens is 1. The first-order valence-electron chi connectivity index (χ1n) is 4.29. The van der Waals surface area contributed by atoms with Gasteiger partial charge in [-0.25, -0.2) is 4.98 Å². The summed E-state index contributed by atoms with van der Waals surface area (Å²) < 4.78 is 0. The van der Waals surface area contributed by atoms with Gasteiger partial charge in [0.15, 0.2) is 5.13 Å². The van der Waals surface area contributed by atoms with E-state index >= 15 is 0 Å². The SMILES string of the molecule is CCN(CC)c1ncc(/C=C/Br)s1. The molecule has 0 fully saturated rings. The molecule has 2 nitrogen and oxygen atoms in total. The minimum Gasteiger partial charge on any atom is -0.349 e. The van der Waals surface area contributed by atoms with E-state index in [1.54, 1.807) is 11.3 Å². The Bertz CT molecular complexity index is 279. The summed E-state index contributed by atoms with van der Waals surface area (Å²) >= 11 is 4.96. The number of thiazole rings is 1. The van der Waals surface area contributed by atoms with Crippen molar-refractivity contribution in [2.75, 3.05) is 18.0 Å². The fourth-order valence-corrected chi connectivity index (χ4v) is 2.46. The van der Waals surface area contributed by atoms with Crippen LogP contribution < -0.4 is 4.90 Å². The van der Waals surface area contributed by atoms with Crippen LogP contribution in [0.5, 0.6) is 0 Å². The molecule has 72 valence electrons. The van der Waals surface area contributed by atoms with Gasteiger partial charge in [-0.05, 0) is 24.9 Å². The molecule has 1 aromatic heterocycles. The van der Waals surface area contributed by atoms with Gasteiger partial charge in [-0.3, -0.25) is 0 Å². The molecule has 13 heavy (non-hydrogen) atoms. The second-order valence-corrected chi connectivity index (χ2v) is 4.08. The maximum atomic E-state index is 4.35. The van der Waals surface area contributed by atoms with Crippen LogP contribution in [0.4, 0.5) is 5.13 Å². The summed E-state index contributed by atoms with van der Waals surface area (Å²) in [5.41, 5.74) is 0. The zero-order chi connectivity index (χ0) is 9.68. The lowest BCUT2D eigenvalue weighted by Gasteiger charge is -2.16. The summed E-state index contributed by atoms with van der Waals surface area (Å²) in [5.74, 6) is 0. The highest BCUT2D eigenvalue weighted by atomic mass is 79.9. The first-order chi connectivity index (χ1) is 6.31. The number of anilines is 1. The van der Waals surface area contributed by atoms with Crippen LogP contribution >= 0.6 is 27.3 Å². The summed E-state index contributed by atoms with van der Waals surface area (Å²) in [6, 6.07) is 0. The molecule has 0 spiro atoms. The standard InChI is InChI=1S/C9H13BrN2S/c1-3-12(4-2)9-11-7-8(13-9)5-6-10/h5-7H,3-4H2,1-2H3/b6-5+. The van der Waals surface area contributed by atoms with Gasteiger partial charge in [0, 0.05) is 24.2 Å². The van der Waals surface area contributed by atoms with Crippen molar-refractivity contribution < 1.29 is 0 Å². The summed E-state index contributed by atoms with van der Waals surface area (Å²) in [7, 11) is 0. The summed E-state index contributed by atoms with van der Waals surface area (Å²) in [5, 5.41) is 1.10. The lowest BCUT2D eigenvalue weighted by molar-refractivity contribution is 0.860. The minimum absolute atomic E-state index is 1.02. The molecule has 0 saturated carbocycles. The average molecular weight is 261 g/mol. The van der Waals surface area contributed by atoms with Crippen LogP contribution in [0.25, 0.3) is 6.08 Å². The van der Waals surface area contributed by atoms with Gasteiger partial charge in [0.05, 0.1) is 0 Å². The van der Waals surface area contributed by atoms with Gasteiger partial charge in [0.1, 0.15) is 0 Å². The first-order valence-corrected chi connectivity index (χ1v) is 6.02. The predicted molar refractivity (Wildman–Crippen MR) is 63.6 cm³/mol. The molecule has 0 aromatic carbocycles. The zero-order valence-corrected chi connectivity index (χ0v) is 10.2. The fourth-order valence-electron chi connectivity index (χ4n) is 1.06. The van der Waals surface area contributed by atoms with Crippen LogP contribution in [0.1, 0.15) is 18.7 Å². The van der Waals surface area contributed by atoms with E-state index in [1.807, 2.05) is 17.3 Å². The highest BCUT2D eigenvalue weighted by molar-refractivity contribution is 9.11. The normalized spacial score (nSPS) is 11.0. The molecule has 0 aliphatic carbocycles. The number of rotatable bonds is 4. The Morgan fingerprint density at radius 2 is 2.23 bits per heavy atom. The molecule has 0 saturated heterocycles. The Hall–Kier alpha value is -0.350. The lowest BCUT2D eigenvalue weighted by atomic mass is 10.5. The Balaban J connectivity index is 2.77. The molecule has 1 heterocycles. The Morgan fingerprint density at radius 1 is 1.54 bits per heavy atom. The Labute approximate surface area is 91.4 Å². The molecule has 0 bridgehead atoms. The molecule has 1 aromatic rings. The van der Waals surface area contributed by atoms with Crippen LogP contribution in [0.15, 0.2) is 11.2 Å². The molecule has 0 unspecified atom stereocenters. The van der Waals surface area contributed by atoms with Crippen LogP contribution in [-0.2, 0) is 0 Å². The summed E-state index contributed by atoms with van der Waals surface area (Å²) in [6.45, 7) is 6.32. The Morgan fingerprint density at radius 3 is 2.77 bits per heavy atom. The van der Waals surface area contributed by atoms with Gasteiger partial charge >= 0.3 is 0 Å². The molecule has 0 radical (unpaired) electrons. The largest absolute Gasteiger partial charge is 0.349 e. The monoisotopic (exact) mass is 260 g/mol. The molecular formula is C9H13BrN2S. The molecule has 1 rings (SSSR count). The maximum Gasteiger partial charge on any atom is 0.185 e. The van der Waals surface area contributed by atoms with Crippen molar-refractivity contribution in [1.82, 2.24) is 4.98 Å². The average Bonchev–Trinajstić information content (AvgIpc) is 2.56. The van der Waals surface area contributed by atoms with Gasteiger partial charge in [-0.15, -0.1) is 0 Å². The third-order valence-electron chi connectivity index (χ3n) is 1.77. The molecular weight excluding hydrogens is 248 g/mol. The summed E-state index contributed by atoms with van der Waals surface area (Å²) in [4.78, 5) is 9.63. The highest BCUT2D eigenvalue weighted by Crippen LogP contribution is 2.23. The zero-order valence-electron chi connectivity index (χ0n) is 7.83. The van der Waals surface area contributed by atoms with Crippen molar-refractivity contribution in [3.63, 3.8) is 0 Å². The quantitative estimate of drug-likeness (QED) is 0.826. The van der Waals surface area contributed by atoms with E-state index in [1.165, 1.54) is 4.88 Å². The number of hydrogen-bond donors (Lipinski definition) is 0. The highest BCUT2D eigenvalue weighted by Gasteiger charge is 2.05. The molecule has 0 aliphatic heterocycles. The van der Waals surface area contributed by atoms with Gasteiger partial charge in [-0.2, -0.15) is 0 Å². The topological polar surface area (TPSA) is 16.1 Å². The van der Waals surface area contributed by atoms with Crippen molar-refractivity contribution >= 4 is 38.5 Å². The predicted octanol–water partition coefficient (Wildman–Crippen LogP) is 3.35. The molecule has 0 aliphatic rings. The van der Waals surface area contributed by atoms with Crippen LogP contribution in [0.2, 0.25) is 0 Å². The van der Waals surface area contributed by atoms with Gasteiger partial charge < -0.3 is 4.90 Å². The third-order valence-corrected chi connectivity index (χ3v) is 3.06. The fraction of sp³-hybridized carbons (Fsp3) is 0.444. The van der Waals surface area contributed by atoms with Crippen molar-refractivity contribution in [1.29, 1.82) is 0 Å². The van der Waals surface area contributed by atoms with Gasteiger partial charge in [0.25, 0.3) is 0 Å². The van der Waals surface area contributed by atoms with E-state index in [-0.39, 0.29) is 0 Å².